The van der Waals surface area contributed by atoms with E-state index in [-0.39, 0.29) is 51.0 Å². The van der Waals surface area contributed by atoms with Crippen molar-refractivity contribution < 1.29 is 33.2 Å². The summed E-state index contributed by atoms with van der Waals surface area (Å²) in [4.78, 5) is 13.0. The second-order valence-electron chi connectivity index (χ2n) is 9.16. The van der Waals surface area contributed by atoms with Crippen LogP contribution in [0.4, 0.5) is 24.9 Å². The number of ether oxygens (including phenoxy) is 1. The molecule has 3 aromatic rings. The lowest BCUT2D eigenvalue weighted by Gasteiger charge is -2.29. The number of fused-ring (bicyclic) bond motifs is 2. The standard InChI is InChI=1S/C22H28F3N7O4S/c1-2-3-11-8-12-18(31-4-5-32-15(10-31)29-30-20(32)22(23,24)25)27-21(28-19(12)37-11)26-13-9-14(36-7-6-33)17(35)16(13)34/h8,13-14,16-17,33-35H,2-7,9-10H2,1H3,(H,26,27,28)/t13-,14+,16+,17-/m1/s1. The highest BCUT2D eigenvalue weighted by molar-refractivity contribution is 7.18. The fraction of sp³-hybridized carbons (Fsp3) is 0.636. The van der Waals surface area contributed by atoms with Crippen molar-refractivity contribution in [3.05, 3.63) is 22.6 Å². The number of hydrogen-bond donors (Lipinski definition) is 4. The number of hydrogen-bond acceptors (Lipinski definition) is 11. The van der Waals surface area contributed by atoms with Gasteiger partial charge in [0.05, 0.1) is 37.3 Å². The van der Waals surface area contributed by atoms with Crippen LogP contribution in [0.25, 0.3) is 10.2 Å². The fourth-order valence-corrected chi connectivity index (χ4v) is 5.97. The van der Waals surface area contributed by atoms with E-state index >= 15 is 0 Å². The van der Waals surface area contributed by atoms with Crippen molar-refractivity contribution in [2.24, 2.45) is 0 Å². The lowest BCUT2D eigenvalue weighted by atomic mass is 10.2. The highest BCUT2D eigenvalue weighted by Gasteiger charge is 2.43. The van der Waals surface area contributed by atoms with Crippen LogP contribution in [0.5, 0.6) is 0 Å². The van der Waals surface area contributed by atoms with Crippen LogP contribution in [0.1, 0.15) is 36.3 Å². The third-order valence-corrected chi connectivity index (χ3v) is 7.68. The number of nitrogens with one attached hydrogen (secondary N) is 1. The molecular formula is C22H28F3N7O4S. The molecule has 0 saturated heterocycles. The number of nitrogens with zero attached hydrogens (tertiary/aromatic N) is 6. The predicted molar refractivity (Wildman–Crippen MR) is 128 cm³/mol. The minimum Gasteiger partial charge on any atom is -0.394 e. The molecule has 5 rings (SSSR count). The topological polar surface area (TPSA) is 142 Å². The molecule has 15 heteroatoms. The van der Waals surface area contributed by atoms with E-state index in [0.29, 0.717) is 10.6 Å². The summed E-state index contributed by atoms with van der Waals surface area (Å²) in [7, 11) is 0. The number of rotatable bonds is 8. The first-order chi connectivity index (χ1) is 17.7. The van der Waals surface area contributed by atoms with Gasteiger partial charge in [0.25, 0.3) is 0 Å². The summed E-state index contributed by atoms with van der Waals surface area (Å²) in [5.74, 6) is -0.0311. The van der Waals surface area contributed by atoms with E-state index in [0.717, 1.165) is 27.7 Å². The van der Waals surface area contributed by atoms with Gasteiger partial charge in [0.1, 0.15) is 22.9 Å². The highest BCUT2D eigenvalue weighted by atomic mass is 32.1. The number of anilines is 2. The average molecular weight is 544 g/mol. The maximum Gasteiger partial charge on any atom is 0.451 e. The van der Waals surface area contributed by atoms with Crippen LogP contribution in [-0.2, 0) is 30.4 Å². The lowest BCUT2D eigenvalue weighted by molar-refractivity contribution is -0.147. The number of aromatic nitrogens is 5. The van der Waals surface area contributed by atoms with Crippen LogP contribution in [0.3, 0.4) is 0 Å². The van der Waals surface area contributed by atoms with Crippen molar-refractivity contribution in [3.8, 4) is 0 Å². The van der Waals surface area contributed by atoms with Crippen LogP contribution in [0, 0.1) is 0 Å². The number of thiophene rings is 1. The number of halogens is 3. The van der Waals surface area contributed by atoms with E-state index in [2.05, 4.69) is 27.4 Å². The van der Waals surface area contributed by atoms with E-state index in [9.17, 15) is 23.4 Å². The van der Waals surface area contributed by atoms with Crippen LogP contribution < -0.4 is 10.2 Å². The first-order valence-electron chi connectivity index (χ1n) is 12.1. The minimum atomic E-state index is -4.58. The third kappa shape index (κ3) is 5.10. The normalized spacial score (nSPS) is 24.1. The van der Waals surface area contributed by atoms with Gasteiger partial charge in [-0.1, -0.05) is 13.3 Å². The van der Waals surface area contributed by atoms with Crippen LogP contribution in [-0.4, -0.2) is 84.2 Å². The molecule has 4 N–H and O–H groups in total. The van der Waals surface area contributed by atoms with Gasteiger partial charge in [-0.25, -0.2) is 4.98 Å². The molecule has 37 heavy (non-hydrogen) atoms. The van der Waals surface area contributed by atoms with Crippen molar-refractivity contribution >= 4 is 33.3 Å². The number of aliphatic hydroxyl groups excluding tert-OH is 3. The molecule has 0 radical (unpaired) electrons. The monoisotopic (exact) mass is 543 g/mol. The summed E-state index contributed by atoms with van der Waals surface area (Å²) < 4.78 is 46.4. The second kappa shape index (κ2) is 10.3. The van der Waals surface area contributed by atoms with Crippen LogP contribution in [0.15, 0.2) is 6.07 Å². The van der Waals surface area contributed by atoms with E-state index < -0.39 is 36.4 Å². The van der Waals surface area contributed by atoms with Gasteiger partial charge in [0.2, 0.25) is 11.8 Å². The van der Waals surface area contributed by atoms with E-state index in [1.54, 1.807) is 0 Å². The fourth-order valence-electron chi connectivity index (χ4n) is 4.85. The third-order valence-electron chi connectivity index (χ3n) is 6.59. The SMILES string of the molecule is CCCc1cc2c(N3CCn4c(nnc4C(F)(F)F)C3)nc(N[C@@H]3C[C@H](OCCO)[C@@H](O)[C@H]3O)nc2s1. The smallest absolute Gasteiger partial charge is 0.394 e. The van der Waals surface area contributed by atoms with Gasteiger partial charge in [0.15, 0.2) is 5.82 Å². The summed E-state index contributed by atoms with van der Waals surface area (Å²) in [6.45, 7) is 2.32. The van der Waals surface area contributed by atoms with Gasteiger partial charge in [-0.2, -0.15) is 18.2 Å². The Kier molecular flexibility index (Phi) is 7.24. The zero-order chi connectivity index (χ0) is 26.3. The van der Waals surface area contributed by atoms with Gasteiger partial charge in [-0.15, -0.1) is 21.5 Å². The van der Waals surface area contributed by atoms with E-state index in [1.165, 1.54) is 11.3 Å². The quantitative estimate of drug-likeness (QED) is 0.331. The first kappa shape index (κ1) is 26.0. The molecule has 0 bridgehead atoms. The lowest BCUT2D eigenvalue weighted by Crippen LogP contribution is -2.37. The van der Waals surface area contributed by atoms with Crippen molar-refractivity contribution in [3.63, 3.8) is 0 Å². The largest absolute Gasteiger partial charge is 0.451 e. The second-order valence-corrected chi connectivity index (χ2v) is 10.3. The summed E-state index contributed by atoms with van der Waals surface area (Å²) in [5.41, 5.74) is 0. The van der Waals surface area contributed by atoms with Crippen molar-refractivity contribution in [1.82, 2.24) is 24.7 Å². The van der Waals surface area contributed by atoms with Crippen molar-refractivity contribution in [2.75, 3.05) is 30.0 Å². The van der Waals surface area contributed by atoms with Gasteiger partial charge >= 0.3 is 6.18 Å². The molecule has 2 aliphatic rings. The molecule has 1 fully saturated rings. The molecule has 4 heterocycles. The molecule has 1 aliphatic heterocycles. The Bertz CT molecular complexity index is 1250. The maximum atomic E-state index is 13.3. The Hall–Kier alpha value is -2.59. The molecule has 0 unspecified atom stereocenters. The first-order valence-corrected chi connectivity index (χ1v) is 12.9. The summed E-state index contributed by atoms with van der Waals surface area (Å²) in [5, 5.41) is 40.9. The molecular weight excluding hydrogens is 515 g/mol. The highest BCUT2D eigenvalue weighted by Crippen LogP contribution is 2.36. The predicted octanol–water partition coefficient (Wildman–Crippen LogP) is 1.56. The average Bonchev–Trinajstić information content (AvgIpc) is 3.54. The number of aryl methyl sites for hydroxylation is 1. The minimum absolute atomic E-state index is 0.0405. The Morgan fingerprint density at radius 1 is 1.19 bits per heavy atom. The van der Waals surface area contributed by atoms with Gasteiger partial charge in [-0.05, 0) is 18.9 Å². The molecule has 0 spiro atoms. The molecule has 0 amide bonds. The number of aliphatic hydroxyl groups is 3. The zero-order valence-corrected chi connectivity index (χ0v) is 20.8. The molecule has 11 nitrogen and oxygen atoms in total. The molecule has 3 aromatic heterocycles. The zero-order valence-electron chi connectivity index (χ0n) is 20.0. The van der Waals surface area contributed by atoms with E-state index in [4.69, 9.17) is 14.8 Å². The van der Waals surface area contributed by atoms with Gasteiger partial charge in [-0.3, -0.25) is 0 Å². The molecule has 0 aromatic carbocycles. The van der Waals surface area contributed by atoms with Crippen LogP contribution in [0.2, 0.25) is 0 Å². The molecule has 1 saturated carbocycles. The Labute approximate surface area is 213 Å². The van der Waals surface area contributed by atoms with Gasteiger partial charge < -0.3 is 34.8 Å². The molecule has 4 atom stereocenters. The Morgan fingerprint density at radius 3 is 2.73 bits per heavy atom. The van der Waals surface area contributed by atoms with Crippen molar-refractivity contribution in [2.45, 2.75) is 69.8 Å². The molecule has 202 valence electrons. The number of alkyl halides is 3. The van der Waals surface area contributed by atoms with Gasteiger partial charge in [0, 0.05) is 18.0 Å². The maximum absolute atomic E-state index is 13.3. The Balaban J connectivity index is 1.45. The summed E-state index contributed by atoms with van der Waals surface area (Å²) in [6.07, 6.45) is -5.45. The molecule has 1 aliphatic carbocycles. The van der Waals surface area contributed by atoms with Crippen LogP contribution >= 0.6 is 11.3 Å². The Morgan fingerprint density at radius 2 is 2.00 bits per heavy atom. The summed E-state index contributed by atoms with van der Waals surface area (Å²) in [6, 6.07) is 1.41. The van der Waals surface area contributed by atoms with E-state index in [1.807, 2.05) is 11.0 Å². The summed E-state index contributed by atoms with van der Waals surface area (Å²) >= 11 is 1.51. The van der Waals surface area contributed by atoms with Crippen molar-refractivity contribution in [1.29, 1.82) is 0 Å².